The number of piperazine rings is 1. The van der Waals surface area contributed by atoms with Gasteiger partial charge in [0, 0.05) is 39.3 Å². The van der Waals surface area contributed by atoms with E-state index in [9.17, 15) is 0 Å². The van der Waals surface area contributed by atoms with Crippen LogP contribution in [0.4, 0.5) is 0 Å². The molecule has 0 spiro atoms. The van der Waals surface area contributed by atoms with Crippen LogP contribution < -0.4 is 5.73 Å². The van der Waals surface area contributed by atoms with Crippen molar-refractivity contribution in [2.45, 2.75) is 20.4 Å². The van der Waals surface area contributed by atoms with Gasteiger partial charge in [-0.3, -0.25) is 4.90 Å². The van der Waals surface area contributed by atoms with E-state index in [0.717, 1.165) is 19.6 Å². The third-order valence-electron chi connectivity index (χ3n) is 4.45. The number of nitrogens with zero attached hydrogens (tertiary/aromatic N) is 2. The van der Waals surface area contributed by atoms with Crippen LogP contribution in [0.15, 0.2) is 30.3 Å². The summed E-state index contributed by atoms with van der Waals surface area (Å²) in [6.07, 6.45) is 0. The summed E-state index contributed by atoms with van der Waals surface area (Å²) in [4.78, 5) is 5.14. The Morgan fingerprint density at radius 1 is 1.00 bits per heavy atom. The molecule has 1 aromatic rings. The third kappa shape index (κ3) is 4.58. The summed E-state index contributed by atoms with van der Waals surface area (Å²) >= 11 is 0. The summed E-state index contributed by atoms with van der Waals surface area (Å²) in [5.74, 6) is 1.32. The lowest BCUT2D eigenvalue weighted by Crippen LogP contribution is -2.48. The van der Waals surface area contributed by atoms with Crippen molar-refractivity contribution in [1.82, 2.24) is 9.80 Å². The summed E-state index contributed by atoms with van der Waals surface area (Å²) < 4.78 is 0. The summed E-state index contributed by atoms with van der Waals surface area (Å²) in [6.45, 7) is 12.3. The van der Waals surface area contributed by atoms with Crippen molar-refractivity contribution in [3.05, 3.63) is 35.9 Å². The molecule has 0 bridgehead atoms. The minimum atomic E-state index is 0.635. The maximum atomic E-state index is 5.88. The van der Waals surface area contributed by atoms with E-state index >= 15 is 0 Å². The Bertz CT molecular complexity index is 369. The molecule has 0 radical (unpaired) electrons. The molecule has 1 unspecified atom stereocenters. The van der Waals surface area contributed by atoms with Gasteiger partial charge in [-0.25, -0.2) is 0 Å². The van der Waals surface area contributed by atoms with Gasteiger partial charge in [-0.1, -0.05) is 44.2 Å². The smallest absolute Gasteiger partial charge is 0.0234 e. The molecule has 1 aliphatic rings. The molecular weight excluding hydrogens is 246 g/mol. The first-order valence-corrected chi connectivity index (χ1v) is 7.87. The van der Waals surface area contributed by atoms with Crippen LogP contribution in [0.1, 0.15) is 19.4 Å². The number of rotatable bonds is 6. The van der Waals surface area contributed by atoms with Crippen molar-refractivity contribution >= 4 is 0 Å². The minimum absolute atomic E-state index is 0.635. The molecule has 1 atom stereocenters. The van der Waals surface area contributed by atoms with E-state index in [-0.39, 0.29) is 0 Å². The maximum absolute atomic E-state index is 5.88. The molecule has 0 saturated carbocycles. The van der Waals surface area contributed by atoms with E-state index in [1.165, 1.54) is 31.7 Å². The van der Waals surface area contributed by atoms with Gasteiger partial charge < -0.3 is 10.6 Å². The number of benzene rings is 1. The molecule has 1 aliphatic heterocycles. The molecule has 1 aromatic carbocycles. The SMILES string of the molecule is CC(C)C(CN)CN1CCN(Cc2ccccc2)CC1. The number of hydrogen-bond acceptors (Lipinski definition) is 3. The Balaban J connectivity index is 1.75. The molecule has 2 N–H and O–H groups in total. The third-order valence-corrected chi connectivity index (χ3v) is 4.45. The minimum Gasteiger partial charge on any atom is -0.330 e. The van der Waals surface area contributed by atoms with Crippen molar-refractivity contribution < 1.29 is 0 Å². The van der Waals surface area contributed by atoms with Crippen molar-refractivity contribution in [2.24, 2.45) is 17.6 Å². The summed E-state index contributed by atoms with van der Waals surface area (Å²) in [7, 11) is 0. The standard InChI is InChI=1S/C17H29N3/c1-15(2)17(12-18)14-20-10-8-19(9-11-20)13-16-6-4-3-5-7-16/h3-7,15,17H,8-14,18H2,1-2H3. The van der Waals surface area contributed by atoms with Gasteiger partial charge in [0.2, 0.25) is 0 Å². The van der Waals surface area contributed by atoms with E-state index in [1.54, 1.807) is 0 Å². The lowest BCUT2D eigenvalue weighted by atomic mass is 9.95. The van der Waals surface area contributed by atoms with Gasteiger partial charge in [0.1, 0.15) is 0 Å². The molecule has 2 rings (SSSR count). The second kappa shape index (κ2) is 7.77. The first-order valence-electron chi connectivity index (χ1n) is 7.87. The highest BCUT2D eigenvalue weighted by atomic mass is 15.3. The largest absolute Gasteiger partial charge is 0.330 e. The summed E-state index contributed by atoms with van der Waals surface area (Å²) in [5.41, 5.74) is 7.30. The fraction of sp³-hybridized carbons (Fsp3) is 0.647. The Morgan fingerprint density at radius 3 is 2.15 bits per heavy atom. The molecule has 0 aliphatic carbocycles. The van der Waals surface area contributed by atoms with Crippen LogP contribution in [-0.4, -0.2) is 49.1 Å². The Labute approximate surface area is 123 Å². The molecule has 1 fully saturated rings. The van der Waals surface area contributed by atoms with E-state index in [0.29, 0.717) is 11.8 Å². The van der Waals surface area contributed by atoms with E-state index in [2.05, 4.69) is 54.0 Å². The van der Waals surface area contributed by atoms with Gasteiger partial charge in [-0.15, -0.1) is 0 Å². The second-order valence-electron chi connectivity index (χ2n) is 6.30. The van der Waals surface area contributed by atoms with Gasteiger partial charge in [0.15, 0.2) is 0 Å². The predicted octanol–water partition coefficient (Wildman–Crippen LogP) is 2.04. The maximum Gasteiger partial charge on any atom is 0.0234 e. The molecule has 20 heavy (non-hydrogen) atoms. The highest BCUT2D eigenvalue weighted by molar-refractivity contribution is 5.14. The quantitative estimate of drug-likeness (QED) is 0.862. The lowest BCUT2D eigenvalue weighted by Gasteiger charge is -2.37. The van der Waals surface area contributed by atoms with Crippen LogP contribution in [0.3, 0.4) is 0 Å². The van der Waals surface area contributed by atoms with Crippen LogP contribution in [0.25, 0.3) is 0 Å². The van der Waals surface area contributed by atoms with Crippen molar-refractivity contribution in [1.29, 1.82) is 0 Å². The molecule has 3 heteroatoms. The average molecular weight is 275 g/mol. The first-order chi connectivity index (χ1) is 9.69. The molecule has 0 aromatic heterocycles. The fourth-order valence-corrected chi connectivity index (χ4v) is 2.86. The summed E-state index contributed by atoms with van der Waals surface area (Å²) in [6, 6.07) is 10.8. The highest BCUT2D eigenvalue weighted by Crippen LogP contribution is 2.14. The van der Waals surface area contributed by atoms with Crippen molar-refractivity contribution in [2.75, 3.05) is 39.3 Å². The van der Waals surface area contributed by atoms with Crippen LogP contribution in [0.2, 0.25) is 0 Å². The summed E-state index contributed by atoms with van der Waals surface area (Å²) in [5, 5.41) is 0. The Morgan fingerprint density at radius 2 is 1.60 bits per heavy atom. The van der Waals surface area contributed by atoms with Gasteiger partial charge in [0.05, 0.1) is 0 Å². The molecule has 3 nitrogen and oxygen atoms in total. The molecule has 1 saturated heterocycles. The van der Waals surface area contributed by atoms with Crippen LogP contribution in [0, 0.1) is 11.8 Å². The van der Waals surface area contributed by atoms with E-state index < -0.39 is 0 Å². The van der Waals surface area contributed by atoms with Crippen molar-refractivity contribution in [3.8, 4) is 0 Å². The monoisotopic (exact) mass is 275 g/mol. The van der Waals surface area contributed by atoms with E-state index in [1.807, 2.05) is 0 Å². The van der Waals surface area contributed by atoms with Crippen LogP contribution in [-0.2, 0) is 6.54 Å². The zero-order valence-electron chi connectivity index (χ0n) is 13.0. The van der Waals surface area contributed by atoms with E-state index in [4.69, 9.17) is 5.73 Å². The first kappa shape index (κ1) is 15.5. The molecule has 1 heterocycles. The van der Waals surface area contributed by atoms with Crippen LogP contribution >= 0.6 is 0 Å². The lowest BCUT2D eigenvalue weighted by molar-refractivity contribution is 0.106. The molecular formula is C17H29N3. The normalized spacial score (nSPS) is 19.4. The van der Waals surface area contributed by atoms with Crippen molar-refractivity contribution in [3.63, 3.8) is 0 Å². The van der Waals surface area contributed by atoms with Gasteiger partial charge in [-0.2, -0.15) is 0 Å². The van der Waals surface area contributed by atoms with Gasteiger partial charge >= 0.3 is 0 Å². The van der Waals surface area contributed by atoms with Gasteiger partial charge in [0.25, 0.3) is 0 Å². The topological polar surface area (TPSA) is 32.5 Å². The predicted molar refractivity (Wildman–Crippen MR) is 85.5 cm³/mol. The Hall–Kier alpha value is -0.900. The zero-order valence-corrected chi connectivity index (χ0v) is 13.0. The highest BCUT2D eigenvalue weighted by Gasteiger charge is 2.21. The van der Waals surface area contributed by atoms with Crippen LogP contribution in [0.5, 0.6) is 0 Å². The average Bonchev–Trinajstić information content (AvgIpc) is 2.47. The zero-order chi connectivity index (χ0) is 14.4. The fourth-order valence-electron chi connectivity index (χ4n) is 2.86. The molecule has 112 valence electrons. The molecule has 0 amide bonds. The number of hydrogen-bond donors (Lipinski definition) is 1. The Kier molecular flexibility index (Phi) is 6.02. The van der Waals surface area contributed by atoms with Gasteiger partial charge in [-0.05, 0) is 23.9 Å². The number of nitrogens with two attached hydrogens (primary N) is 1. The second-order valence-corrected chi connectivity index (χ2v) is 6.30.